The van der Waals surface area contributed by atoms with Crippen LogP contribution in [0.3, 0.4) is 0 Å². The number of benzodiazepines with no additional fused rings is 1. The molecule has 0 unspecified atom stereocenters. The van der Waals surface area contributed by atoms with E-state index in [1.54, 1.807) is 7.05 Å². The first-order valence-corrected chi connectivity index (χ1v) is 12.3. The first-order chi connectivity index (χ1) is 18.9. The van der Waals surface area contributed by atoms with Gasteiger partial charge in [0.05, 0.1) is 23.5 Å². The highest BCUT2D eigenvalue weighted by Crippen LogP contribution is 2.27. The van der Waals surface area contributed by atoms with Gasteiger partial charge in [-0.3, -0.25) is 14.4 Å². The lowest BCUT2D eigenvalue weighted by molar-refractivity contribution is -0.130. The highest BCUT2D eigenvalue weighted by Gasteiger charge is 2.32. The summed E-state index contributed by atoms with van der Waals surface area (Å²) in [6.07, 6.45) is -1.33. The third-order valence-corrected chi connectivity index (χ3v) is 6.29. The van der Waals surface area contributed by atoms with Crippen molar-refractivity contribution >= 4 is 29.1 Å². The van der Waals surface area contributed by atoms with E-state index in [0.29, 0.717) is 22.9 Å². The highest BCUT2D eigenvalue weighted by molar-refractivity contribution is 6.20. The second kappa shape index (κ2) is 11.1. The maximum absolute atomic E-state index is 13.3. The van der Waals surface area contributed by atoms with Gasteiger partial charge in [0.15, 0.2) is 5.82 Å². The van der Waals surface area contributed by atoms with Crippen molar-refractivity contribution in [2.75, 3.05) is 11.9 Å². The average Bonchev–Trinajstić information content (AvgIpc) is 3.39. The average molecular weight is 523 g/mol. The van der Waals surface area contributed by atoms with Crippen molar-refractivity contribution in [3.8, 4) is 5.69 Å². The van der Waals surface area contributed by atoms with Gasteiger partial charge in [-0.05, 0) is 35.5 Å². The number of nitrogens with zero attached hydrogens (tertiary/aromatic N) is 6. The van der Waals surface area contributed by atoms with Crippen LogP contribution >= 0.6 is 0 Å². The number of hydrogen-bond acceptors (Lipinski definition) is 7. The Bertz CT molecular complexity index is 1530. The molecule has 39 heavy (non-hydrogen) atoms. The van der Waals surface area contributed by atoms with Crippen LogP contribution in [0.1, 0.15) is 23.9 Å². The SMILES string of the molecule is C[C@H](NC(=O)Cc1nnnn1-c1ccccc1)C(=O)N[C@H]1N=C(c2ccccc2)c2ccccc2N(C)C1=O. The van der Waals surface area contributed by atoms with Crippen LogP contribution in [0, 0.1) is 0 Å². The molecule has 0 fully saturated rings. The predicted molar refractivity (Wildman–Crippen MR) is 144 cm³/mol. The monoisotopic (exact) mass is 522 g/mol. The van der Waals surface area contributed by atoms with Gasteiger partial charge in [-0.2, -0.15) is 4.68 Å². The molecule has 4 aromatic rings. The summed E-state index contributed by atoms with van der Waals surface area (Å²) in [6.45, 7) is 1.54. The Morgan fingerprint density at radius 2 is 1.62 bits per heavy atom. The number of carbonyl (C=O) groups is 3. The molecule has 5 rings (SSSR count). The van der Waals surface area contributed by atoms with Crippen molar-refractivity contribution in [3.63, 3.8) is 0 Å². The summed E-state index contributed by atoms with van der Waals surface area (Å²) in [7, 11) is 1.64. The van der Waals surface area contributed by atoms with Crippen LogP contribution in [0.25, 0.3) is 5.69 Å². The molecular weight excluding hydrogens is 496 g/mol. The molecule has 0 bridgehead atoms. The Labute approximate surface area is 224 Å². The fourth-order valence-electron chi connectivity index (χ4n) is 4.29. The molecular formula is C28H26N8O3. The number of fused-ring (bicyclic) bond motifs is 1. The molecule has 11 nitrogen and oxygen atoms in total. The van der Waals surface area contributed by atoms with E-state index in [2.05, 4.69) is 31.2 Å². The second-order valence-electron chi connectivity index (χ2n) is 8.98. The molecule has 11 heteroatoms. The van der Waals surface area contributed by atoms with Crippen molar-refractivity contribution in [1.82, 2.24) is 30.8 Å². The molecule has 0 spiro atoms. The molecule has 1 aromatic heterocycles. The number of carbonyl (C=O) groups excluding carboxylic acids is 3. The van der Waals surface area contributed by atoms with E-state index in [9.17, 15) is 14.4 Å². The standard InChI is InChI=1S/C28H26N8O3/c1-18(29-24(37)17-23-32-33-34-36(23)20-13-7-4-8-14-20)27(38)31-26-28(39)35(2)22-16-10-9-15-21(22)25(30-26)19-11-5-3-6-12-19/h3-16,18,26H,17H2,1-2H3,(H,29,37)(H,31,38)/t18-,26+/m0/s1. The van der Waals surface area contributed by atoms with Gasteiger partial charge in [-0.25, -0.2) is 4.99 Å². The number of aromatic nitrogens is 4. The number of rotatable bonds is 7. The van der Waals surface area contributed by atoms with Crippen LogP contribution in [0.15, 0.2) is 89.9 Å². The van der Waals surface area contributed by atoms with Crippen LogP contribution in [-0.4, -0.2) is 62.9 Å². The molecule has 1 aliphatic rings. The summed E-state index contributed by atoms with van der Waals surface area (Å²) in [4.78, 5) is 45.4. The van der Waals surface area contributed by atoms with Crippen LogP contribution in [0.5, 0.6) is 0 Å². The number of benzene rings is 3. The molecule has 2 atom stereocenters. The van der Waals surface area contributed by atoms with Crippen LogP contribution in [-0.2, 0) is 20.8 Å². The molecule has 0 saturated carbocycles. The Balaban J connectivity index is 1.32. The van der Waals surface area contributed by atoms with Gasteiger partial charge in [0.1, 0.15) is 6.04 Å². The first kappa shape index (κ1) is 25.5. The lowest BCUT2D eigenvalue weighted by Crippen LogP contribution is -2.52. The second-order valence-corrected chi connectivity index (χ2v) is 8.98. The van der Waals surface area contributed by atoms with Crippen LogP contribution in [0.4, 0.5) is 5.69 Å². The quantitative estimate of drug-likeness (QED) is 0.379. The van der Waals surface area contributed by atoms with Crippen molar-refractivity contribution in [1.29, 1.82) is 0 Å². The minimum atomic E-state index is -1.19. The fraction of sp³-hybridized carbons (Fsp3) is 0.179. The Hall–Kier alpha value is -5.19. The van der Waals surface area contributed by atoms with Gasteiger partial charge in [0.25, 0.3) is 5.91 Å². The smallest absolute Gasteiger partial charge is 0.272 e. The van der Waals surface area contributed by atoms with Gasteiger partial charge in [0, 0.05) is 18.2 Å². The van der Waals surface area contributed by atoms with E-state index in [-0.39, 0.29) is 6.42 Å². The molecule has 3 aromatic carbocycles. The zero-order chi connectivity index (χ0) is 27.4. The fourth-order valence-corrected chi connectivity index (χ4v) is 4.29. The normalized spacial score (nSPS) is 15.5. The number of para-hydroxylation sites is 2. The summed E-state index contributed by atoms with van der Waals surface area (Å²) in [5, 5.41) is 16.9. The molecule has 196 valence electrons. The van der Waals surface area contributed by atoms with E-state index in [0.717, 1.165) is 11.1 Å². The summed E-state index contributed by atoms with van der Waals surface area (Å²) in [5.41, 5.74) is 3.55. The lowest BCUT2D eigenvalue weighted by Gasteiger charge is -2.22. The Morgan fingerprint density at radius 1 is 0.949 bits per heavy atom. The van der Waals surface area contributed by atoms with Gasteiger partial charge in [-0.15, -0.1) is 5.10 Å². The maximum atomic E-state index is 13.3. The van der Waals surface area contributed by atoms with E-state index in [1.807, 2.05) is 84.9 Å². The number of hydrogen-bond donors (Lipinski definition) is 2. The van der Waals surface area contributed by atoms with Gasteiger partial charge in [0.2, 0.25) is 18.0 Å². The maximum Gasteiger partial charge on any atom is 0.272 e. The number of amides is 3. The van der Waals surface area contributed by atoms with Crippen molar-refractivity contribution in [2.45, 2.75) is 25.6 Å². The summed E-state index contributed by atoms with van der Waals surface area (Å²) < 4.78 is 1.46. The third kappa shape index (κ3) is 5.42. The zero-order valence-electron chi connectivity index (χ0n) is 21.4. The molecule has 2 heterocycles. The van der Waals surface area contributed by atoms with Gasteiger partial charge < -0.3 is 15.5 Å². The van der Waals surface area contributed by atoms with Crippen molar-refractivity contribution < 1.29 is 14.4 Å². The first-order valence-electron chi connectivity index (χ1n) is 12.3. The van der Waals surface area contributed by atoms with E-state index in [4.69, 9.17) is 0 Å². The summed E-state index contributed by atoms with van der Waals surface area (Å²) in [6, 6.07) is 25.1. The highest BCUT2D eigenvalue weighted by atomic mass is 16.2. The Kier molecular flexibility index (Phi) is 7.21. The minimum absolute atomic E-state index is 0.143. The van der Waals surface area contributed by atoms with Crippen molar-refractivity contribution in [2.24, 2.45) is 4.99 Å². The third-order valence-electron chi connectivity index (χ3n) is 6.29. The van der Waals surface area contributed by atoms with Gasteiger partial charge in [-0.1, -0.05) is 66.7 Å². The zero-order valence-corrected chi connectivity index (χ0v) is 21.4. The molecule has 0 saturated heterocycles. The van der Waals surface area contributed by atoms with Crippen LogP contribution < -0.4 is 15.5 Å². The molecule has 2 N–H and O–H groups in total. The van der Waals surface area contributed by atoms with E-state index >= 15 is 0 Å². The molecule has 1 aliphatic heterocycles. The summed E-state index contributed by atoms with van der Waals surface area (Å²) in [5.74, 6) is -1.08. The Morgan fingerprint density at radius 3 is 2.36 bits per heavy atom. The largest absolute Gasteiger partial charge is 0.344 e. The number of likely N-dealkylation sites (N-methyl/N-ethyl adjacent to an activating group) is 1. The number of nitrogens with one attached hydrogen (secondary N) is 2. The number of anilines is 1. The topological polar surface area (TPSA) is 134 Å². The molecule has 0 aliphatic carbocycles. The van der Waals surface area contributed by atoms with Crippen molar-refractivity contribution in [3.05, 3.63) is 102 Å². The van der Waals surface area contributed by atoms with Crippen LogP contribution in [0.2, 0.25) is 0 Å². The number of tetrazole rings is 1. The molecule has 0 radical (unpaired) electrons. The minimum Gasteiger partial charge on any atom is -0.344 e. The molecule has 3 amide bonds. The summed E-state index contributed by atoms with van der Waals surface area (Å²) >= 11 is 0. The van der Waals surface area contributed by atoms with Gasteiger partial charge >= 0.3 is 0 Å². The number of aliphatic imine (C=N–C) groups is 1. The van der Waals surface area contributed by atoms with E-state index < -0.39 is 29.9 Å². The predicted octanol–water partition coefficient (Wildman–Crippen LogP) is 1.67. The van der Waals surface area contributed by atoms with E-state index in [1.165, 1.54) is 16.5 Å². The lowest BCUT2D eigenvalue weighted by atomic mass is 10.0.